The molecule has 0 aromatic heterocycles. The Morgan fingerprint density at radius 2 is 2.21 bits per heavy atom. The number of methoxy groups -OCH3 is 1. The van der Waals surface area contributed by atoms with Crippen molar-refractivity contribution in [2.24, 2.45) is 0 Å². The van der Waals surface area contributed by atoms with Gasteiger partial charge in [0.05, 0.1) is 23.7 Å². The summed E-state index contributed by atoms with van der Waals surface area (Å²) < 4.78 is 4.89. The number of hydrogen-bond acceptors (Lipinski definition) is 4. The zero-order chi connectivity index (χ0) is 10.7. The minimum Gasteiger partial charge on any atom is -0.490 e. The quantitative estimate of drug-likeness (QED) is 0.528. The predicted octanol–water partition coefficient (Wildman–Crippen LogP) is 1.78. The zero-order valence-electron chi connectivity index (χ0n) is 7.77. The SMILES string of the molecule is COc1c([N+](=O)[O-])ccc(C#N)c1C. The highest BCUT2D eigenvalue weighted by Gasteiger charge is 2.18. The van der Waals surface area contributed by atoms with E-state index in [0.717, 1.165) is 0 Å². The molecular formula is C9H8N2O3. The highest BCUT2D eigenvalue weighted by Crippen LogP contribution is 2.31. The van der Waals surface area contributed by atoms with Crippen molar-refractivity contribution in [3.8, 4) is 11.8 Å². The Hall–Kier alpha value is -2.09. The molecule has 0 radical (unpaired) electrons. The molecule has 0 atom stereocenters. The van der Waals surface area contributed by atoms with E-state index >= 15 is 0 Å². The Bertz CT molecular complexity index is 421. The molecule has 0 saturated carbocycles. The van der Waals surface area contributed by atoms with Crippen molar-refractivity contribution >= 4 is 5.69 Å². The van der Waals surface area contributed by atoms with Crippen molar-refractivity contribution < 1.29 is 9.66 Å². The van der Waals surface area contributed by atoms with E-state index in [0.29, 0.717) is 11.1 Å². The van der Waals surface area contributed by atoms with E-state index < -0.39 is 4.92 Å². The second-order valence-corrected chi connectivity index (χ2v) is 2.66. The summed E-state index contributed by atoms with van der Waals surface area (Å²) in [6, 6.07) is 4.61. The highest BCUT2D eigenvalue weighted by atomic mass is 16.6. The lowest BCUT2D eigenvalue weighted by atomic mass is 10.1. The second kappa shape index (κ2) is 3.75. The van der Waals surface area contributed by atoms with E-state index in [4.69, 9.17) is 10.00 Å². The lowest BCUT2D eigenvalue weighted by Crippen LogP contribution is -1.97. The first kappa shape index (κ1) is 9.99. The molecule has 0 aliphatic heterocycles. The molecule has 0 aliphatic carbocycles. The van der Waals surface area contributed by atoms with Crippen molar-refractivity contribution in [3.05, 3.63) is 33.4 Å². The van der Waals surface area contributed by atoms with Gasteiger partial charge in [-0.1, -0.05) is 0 Å². The molecule has 14 heavy (non-hydrogen) atoms. The van der Waals surface area contributed by atoms with Crippen LogP contribution in [0.15, 0.2) is 12.1 Å². The van der Waals surface area contributed by atoms with Crippen molar-refractivity contribution in [1.29, 1.82) is 5.26 Å². The van der Waals surface area contributed by atoms with Crippen LogP contribution >= 0.6 is 0 Å². The van der Waals surface area contributed by atoms with Crippen LogP contribution in [0.3, 0.4) is 0 Å². The van der Waals surface area contributed by atoms with Crippen LogP contribution in [-0.4, -0.2) is 12.0 Å². The largest absolute Gasteiger partial charge is 0.490 e. The number of hydrogen-bond donors (Lipinski definition) is 0. The Balaban J connectivity index is 3.45. The van der Waals surface area contributed by atoms with Crippen LogP contribution in [0.25, 0.3) is 0 Å². The number of nitro groups is 1. The summed E-state index contributed by atoms with van der Waals surface area (Å²) in [5.74, 6) is 0.147. The lowest BCUT2D eigenvalue weighted by Gasteiger charge is -2.05. The minimum absolute atomic E-state index is 0.121. The lowest BCUT2D eigenvalue weighted by molar-refractivity contribution is -0.385. The van der Waals surface area contributed by atoms with Crippen LogP contribution in [0.4, 0.5) is 5.69 Å². The molecule has 0 aliphatic rings. The molecule has 0 spiro atoms. The van der Waals surface area contributed by atoms with Crippen LogP contribution in [0.1, 0.15) is 11.1 Å². The Labute approximate surface area is 80.7 Å². The van der Waals surface area contributed by atoms with E-state index in [2.05, 4.69) is 0 Å². The number of nitro benzene ring substituents is 1. The molecule has 0 saturated heterocycles. The normalized spacial score (nSPS) is 9.21. The minimum atomic E-state index is -0.535. The maximum atomic E-state index is 10.6. The number of ether oxygens (including phenoxy) is 1. The monoisotopic (exact) mass is 192 g/mol. The van der Waals surface area contributed by atoms with Crippen LogP contribution in [0.5, 0.6) is 5.75 Å². The number of nitriles is 1. The molecule has 0 unspecified atom stereocenters. The summed E-state index contributed by atoms with van der Waals surface area (Å²) in [7, 11) is 1.34. The standard InChI is InChI=1S/C9H8N2O3/c1-6-7(5-10)3-4-8(11(12)13)9(6)14-2/h3-4H,1-2H3. The summed E-state index contributed by atoms with van der Waals surface area (Å²) in [5.41, 5.74) is 0.751. The summed E-state index contributed by atoms with van der Waals surface area (Å²) in [6.07, 6.45) is 0. The van der Waals surface area contributed by atoms with Gasteiger partial charge in [0.1, 0.15) is 0 Å². The van der Waals surface area contributed by atoms with Gasteiger partial charge in [0.15, 0.2) is 0 Å². The topological polar surface area (TPSA) is 76.2 Å². The van der Waals surface area contributed by atoms with Gasteiger partial charge in [0.2, 0.25) is 5.75 Å². The molecule has 5 nitrogen and oxygen atoms in total. The predicted molar refractivity (Wildman–Crippen MR) is 49.1 cm³/mol. The van der Waals surface area contributed by atoms with Gasteiger partial charge in [0.25, 0.3) is 0 Å². The molecule has 0 heterocycles. The van der Waals surface area contributed by atoms with E-state index in [-0.39, 0.29) is 11.4 Å². The molecule has 72 valence electrons. The summed E-state index contributed by atoms with van der Waals surface area (Å²) in [6.45, 7) is 1.62. The average molecular weight is 192 g/mol. The van der Waals surface area contributed by atoms with Crippen LogP contribution in [0.2, 0.25) is 0 Å². The fourth-order valence-electron chi connectivity index (χ4n) is 1.20. The van der Waals surface area contributed by atoms with Crippen LogP contribution in [-0.2, 0) is 0 Å². The van der Waals surface area contributed by atoms with Gasteiger partial charge in [-0.05, 0) is 13.0 Å². The van der Waals surface area contributed by atoms with Gasteiger partial charge in [-0.3, -0.25) is 10.1 Å². The van der Waals surface area contributed by atoms with Crippen molar-refractivity contribution in [3.63, 3.8) is 0 Å². The zero-order valence-corrected chi connectivity index (χ0v) is 7.77. The third-order valence-corrected chi connectivity index (χ3v) is 1.91. The molecule has 5 heteroatoms. The van der Waals surface area contributed by atoms with Gasteiger partial charge >= 0.3 is 5.69 Å². The maximum Gasteiger partial charge on any atom is 0.311 e. The third kappa shape index (κ3) is 1.50. The Morgan fingerprint density at radius 1 is 1.57 bits per heavy atom. The fraction of sp³-hybridized carbons (Fsp3) is 0.222. The Kier molecular flexibility index (Phi) is 2.67. The molecule has 1 aromatic rings. The van der Waals surface area contributed by atoms with Gasteiger partial charge in [0, 0.05) is 11.6 Å². The van der Waals surface area contributed by atoms with Gasteiger partial charge in [-0.15, -0.1) is 0 Å². The van der Waals surface area contributed by atoms with Crippen LogP contribution < -0.4 is 4.74 Å². The van der Waals surface area contributed by atoms with E-state index in [1.165, 1.54) is 19.2 Å². The molecule has 1 aromatic carbocycles. The average Bonchev–Trinajstić information content (AvgIpc) is 2.17. The summed E-state index contributed by atoms with van der Waals surface area (Å²) in [5, 5.41) is 19.3. The third-order valence-electron chi connectivity index (χ3n) is 1.91. The first-order valence-electron chi connectivity index (χ1n) is 3.84. The molecule has 0 bridgehead atoms. The second-order valence-electron chi connectivity index (χ2n) is 2.66. The van der Waals surface area contributed by atoms with E-state index in [1.54, 1.807) is 6.92 Å². The number of rotatable bonds is 2. The van der Waals surface area contributed by atoms with Crippen molar-refractivity contribution in [1.82, 2.24) is 0 Å². The van der Waals surface area contributed by atoms with Crippen molar-refractivity contribution in [2.75, 3.05) is 7.11 Å². The fourth-order valence-corrected chi connectivity index (χ4v) is 1.20. The van der Waals surface area contributed by atoms with Gasteiger partial charge < -0.3 is 4.74 Å². The molecule has 0 amide bonds. The molecule has 0 N–H and O–H groups in total. The van der Waals surface area contributed by atoms with Crippen LogP contribution in [0, 0.1) is 28.4 Å². The van der Waals surface area contributed by atoms with E-state index in [1.807, 2.05) is 6.07 Å². The van der Waals surface area contributed by atoms with Crippen molar-refractivity contribution in [2.45, 2.75) is 6.92 Å². The number of nitrogens with zero attached hydrogens (tertiary/aromatic N) is 2. The molecule has 0 fully saturated rings. The van der Waals surface area contributed by atoms with Gasteiger partial charge in [-0.25, -0.2) is 0 Å². The number of benzene rings is 1. The highest BCUT2D eigenvalue weighted by molar-refractivity contribution is 5.57. The first-order chi connectivity index (χ1) is 6.61. The summed E-state index contributed by atoms with van der Waals surface area (Å²) in [4.78, 5) is 10.0. The Morgan fingerprint density at radius 3 is 2.64 bits per heavy atom. The van der Waals surface area contributed by atoms with Gasteiger partial charge in [-0.2, -0.15) is 5.26 Å². The van der Waals surface area contributed by atoms with E-state index in [9.17, 15) is 10.1 Å². The molecular weight excluding hydrogens is 184 g/mol. The molecule has 1 rings (SSSR count). The smallest absolute Gasteiger partial charge is 0.311 e. The maximum absolute atomic E-state index is 10.6. The summed E-state index contributed by atoms with van der Waals surface area (Å²) >= 11 is 0. The first-order valence-corrected chi connectivity index (χ1v) is 3.84.